The highest BCUT2D eigenvalue weighted by atomic mass is 16.5. The Bertz CT molecular complexity index is 812. The number of hydrogen-bond acceptors (Lipinski definition) is 6. The van der Waals surface area contributed by atoms with Crippen LogP contribution in [-0.4, -0.2) is 63.6 Å². The van der Waals surface area contributed by atoms with Gasteiger partial charge in [-0.1, -0.05) is 12.1 Å². The minimum Gasteiger partial charge on any atom is -0.378 e. The third-order valence-corrected chi connectivity index (χ3v) is 5.03. The Morgan fingerprint density at radius 2 is 1.62 bits per heavy atom. The van der Waals surface area contributed by atoms with Crippen LogP contribution in [0.3, 0.4) is 0 Å². The fourth-order valence-corrected chi connectivity index (χ4v) is 3.53. The van der Waals surface area contributed by atoms with Crippen molar-refractivity contribution in [1.82, 2.24) is 4.98 Å². The number of amides is 2. The molecule has 0 atom stereocenters. The Hall–Kier alpha value is -2.84. The van der Waals surface area contributed by atoms with Crippen LogP contribution < -0.4 is 20.4 Å². The molecule has 2 amide bonds. The number of nitrogens with one attached hydrogen (secondary N) is 2. The van der Waals surface area contributed by atoms with Crippen molar-refractivity contribution >= 4 is 29.0 Å². The number of urea groups is 1. The van der Waals surface area contributed by atoms with Crippen molar-refractivity contribution in [2.24, 2.45) is 0 Å². The lowest BCUT2D eigenvalue weighted by atomic mass is 10.2. The minimum absolute atomic E-state index is 0.310. The predicted molar refractivity (Wildman–Crippen MR) is 114 cm³/mol. The molecule has 3 heterocycles. The third kappa shape index (κ3) is 5.16. The number of carbonyl (C=O) groups is 1. The number of hydrogen-bond donors (Lipinski definition) is 2. The molecule has 2 aliphatic rings. The predicted octanol–water partition coefficient (Wildman–Crippen LogP) is 2.71. The number of pyridine rings is 1. The summed E-state index contributed by atoms with van der Waals surface area (Å²) in [5, 5.41) is 5.76. The Balaban J connectivity index is 1.54. The molecule has 2 fully saturated rings. The van der Waals surface area contributed by atoms with Gasteiger partial charge in [0.15, 0.2) is 0 Å². The Kier molecular flexibility index (Phi) is 6.12. The largest absolute Gasteiger partial charge is 0.378 e. The first kappa shape index (κ1) is 19.5. The normalized spacial score (nSPS) is 17.1. The van der Waals surface area contributed by atoms with Crippen LogP contribution in [0.5, 0.6) is 0 Å². The van der Waals surface area contributed by atoms with Gasteiger partial charge >= 0.3 is 6.03 Å². The molecule has 29 heavy (non-hydrogen) atoms. The zero-order valence-corrected chi connectivity index (χ0v) is 16.7. The van der Waals surface area contributed by atoms with E-state index in [-0.39, 0.29) is 6.03 Å². The van der Waals surface area contributed by atoms with Crippen molar-refractivity contribution in [1.29, 1.82) is 0 Å². The highest BCUT2D eigenvalue weighted by Crippen LogP contribution is 2.26. The molecule has 0 radical (unpaired) electrons. The number of rotatable bonds is 4. The summed E-state index contributed by atoms with van der Waals surface area (Å²) in [5.74, 6) is 1.38. The van der Waals surface area contributed by atoms with Gasteiger partial charge in [-0.15, -0.1) is 0 Å². The van der Waals surface area contributed by atoms with Crippen molar-refractivity contribution in [3.05, 3.63) is 42.0 Å². The SMILES string of the molecule is Cc1cccc(NC(=O)Nc2cc(N3CCOCC3)cc(N3CCOCC3)n2)c1. The van der Waals surface area contributed by atoms with E-state index in [1.807, 2.05) is 37.3 Å². The second kappa shape index (κ2) is 9.11. The van der Waals surface area contributed by atoms with Gasteiger partial charge in [-0.05, 0) is 24.6 Å². The lowest BCUT2D eigenvalue weighted by Crippen LogP contribution is -2.38. The van der Waals surface area contributed by atoms with Gasteiger partial charge in [0.25, 0.3) is 0 Å². The molecule has 154 valence electrons. The van der Waals surface area contributed by atoms with Crippen LogP contribution in [-0.2, 0) is 9.47 Å². The standard InChI is InChI=1S/C21H27N5O3/c1-16-3-2-4-17(13-16)22-21(27)24-19-14-18(25-5-9-28-10-6-25)15-20(23-19)26-7-11-29-12-8-26/h2-4,13-15H,5-12H2,1H3,(H2,22,23,24,27). The molecule has 8 heteroatoms. The highest BCUT2D eigenvalue weighted by molar-refractivity contribution is 5.99. The zero-order valence-electron chi connectivity index (χ0n) is 16.7. The van der Waals surface area contributed by atoms with E-state index < -0.39 is 0 Å². The number of morpholine rings is 2. The summed E-state index contributed by atoms with van der Waals surface area (Å²) in [5.41, 5.74) is 2.88. The maximum absolute atomic E-state index is 12.5. The summed E-state index contributed by atoms with van der Waals surface area (Å²) < 4.78 is 10.9. The van der Waals surface area contributed by atoms with Gasteiger partial charge in [0.2, 0.25) is 0 Å². The molecule has 0 bridgehead atoms. The second-order valence-electron chi connectivity index (χ2n) is 7.22. The van der Waals surface area contributed by atoms with E-state index in [0.717, 1.165) is 48.9 Å². The van der Waals surface area contributed by atoms with E-state index in [0.29, 0.717) is 32.2 Å². The quantitative estimate of drug-likeness (QED) is 0.826. The van der Waals surface area contributed by atoms with Crippen LogP contribution in [0.2, 0.25) is 0 Å². The lowest BCUT2D eigenvalue weighted by Gasteiger charge is -2.32. The van der Waals surface area contributed by atoms with Crippen molar-refractivity contribution < 1.29 is 14.3 Å². The summed E-state index contributed by atoms with van der Waals surface area (Å²) in [6.45, 7) is 7.97. The van der Waals surface area contributed by atoms with Gasteiger partial charge in [0.1, 0.15) is 11.6 Å². The number of anilines is 4. The molecular formula is C21H27N5O3. The Morgan fingerprint density at radius 1 is 0.931 bits per heavy atom. The average molecular weight is 397 g/mol. The molecule has 2 saturated heterocycles. The third-order valence-electron chi connectivity index (χ3n) is 5.03. The van der Waals surface area contributed by atoms with Gasteiger partial charge in [-0.25, -0.2) is 9.78 Å². The second-order valence-corrected chi connectivity index (χ2v) is 7.22. The van der Waals surface area contributed by atoms with Crippen LogP contribution in [0.15, 0.2) is 36.4 Å². The monoisotopic (exact) mass is 397 g/mol. The Morgan fingerprint density at radius 3 is 2.31 bits per heavy atom. The summed E-state index contributed by atoms with van der Waals surface area (Å²) in [7, 11) is 0. The fourth-order valence-electron chi connectivity index (χ4n) is 3.53. The molecule has 2 aromatic rings. The molecule has 8 nitrogen and oxygen atoms in total. The fraction of sp³-hybridized carbons (Fsp3) is 0.429. The topological polar surface area (TPSA) is 79.0 Å². The number of aromatic nitrogens is 1. The zero-order chi connectivity index (χ0) is 20.1. The van der Waals surface area contributed by atoms with Crippen molar-refractivity contribution in [3.63, 3.8) is 0 Å². The summed E-state index contributed by atoms with van der Waals surface area (Å²) in [6, 6.07) is 11.4. The molecule has 2 N–H and O–H groups in total. The molecule has 2 aliphatic heterocycles. The van der Waals surface area contributed by atoms with E-state index in [4.69, 9.17) is 14.5 Å². The van der Waals surface area contributed by atoms with Gasteiger partial charge < -0.3 is 24.6 Å². The highest BCUT2D eigenvalue weighted by Gasteiger charge is 2.18. The van der Waals surface area contributed by atoms with Crippen molar-refractivity contribution in [2.45, 2.75) is 6.92 Å². The first-order valence-corrected chi connectivity index (χ1v) is 9.99. The van der Waals surface area contributed by atoms with E-state index in [1.165, 1.54) is 0 Å². The number of ether oxygens (including phenoxy) is 2. The first-order chi connectivity index (χ1) is 14.2. The minimum atomic E-state index is -0.310. The van der Waals surface area contributed by atoms with Crippen molar-refractivity contribution in [3.8, 4) is 0 Å². The van der Waals surface area contributed by atoms with E-state index in [9.17, 15) is 4.79 Å². The average Bonchev–Trinajstić information content (AvgIpc) is 2.75. The summed E-state index contributed by atoms with van der Waals surface area (Å²) in [6.07, 6.45) is 0. The van der Waals surface area contributed by atoms with E-state index >= 15 is 0 Å². The van der Waals surface area contributed by atoms with Gasteiger partial charge in [0.05, 0.1) is 26.4 Å². The molecule has 4 rings (SSSR count). The molecular weight excluding hydrogens is 370 g/mol. The number of aryl methyl sites for hydroxylation is 1. The maximum atomic E-state index is 12.5. The number of nitrogens with zero attached hydrogens (tertiary/aromatic N) is 3. The summed E-state index contributed by atoms with van der Waals surface area (Å²) in [4.78, 5) is 21.7. The lowest BCUT2D eigenvalue weighted by molar-refractivity contribution is 0.122. The van der Waals surface area contributed by atoms with Crippen LogP contribution in [0, 0.1) is 6.92 Å². The molecule has 0 saturated carbocycles. The number of benzene rings is 1. The summed E-state index contributed by atoms with van der Waals surface area (Å²) >= 11 is 0. The van der Waals surface area contributed by atoms with Gasteiger partial charge in [-0.2, -0.15) is 0 Å². The van der Waals surface area contributed by atoms with Crippen LogP contribution in [0.4, 0.5) is 27.8 Å². The maximum Gasteiger partial charge on any atom is 0.324 e. The van der Waals surface area contributed by atoms with Crippen LogP contribution in [0.25, 0.3) is 0 Å². The van der Waals surface area contributed by atoms with Gasteiger partial charge in [0, 0.05) is 49.7 Å². The van der Waals surface area contributed by atoms with Crippen LogP contribution >= 0.6 is 0 Å². The van der Waals surface area contributed by atoms with E-state index in [1.54, 1.807) is 0 Å². The number of carbonyl (C=O) groups excluding carboxylic acids is 1. The van der Waals surface area contributed by atoms with Crippen molar-refractivity contribution in [2.75, 3.05) is 73.0 Å². The first-order valence-electron chi connectivity index (χ1n) is 9.99. The smallest absolute Gasteiger partial charge is 0.324 e. The Labute approximate surface area is 170 Å². The molecule has 0 aliphatic carbocycles. The molecule has 1 aromatic heterocycles. The molecule has 0 unspecified atom stereocenters. The van der Waals surface area contributed by atoms with Crippen LogP contribution in [0.1, 0.15) is 5.56 Å². The molecule has 1 aromatic carbocycles. The molecule has 0 spiro atoms. The van der Waals surface area contributed by atoms with Gasteiger partial charge in [-0.3, -0.25) is 5.32 Å². The van der Waals surface area contributed by atoms with E-state index in [2.05, 4.69) is 26.5 Å².